The number of benzene rings is 3. The maximum Gasteiger partial charge on any atom is 0.272 e. The third kappa shape index (κ3) is 3.10. The lowest BCUT2D eigenvalue weighted by Crippen LogP contribution is -3.00. The fourth-order valence-corrected chi connectivity index (χ4v) is 3.39. The number of halogens is 1. The number of rotatable bonds is 2. The largest absolute Gasteiger partial charge is 1.00 e. The minimum atomic E-state index is -0.171. The van der Waals surface area contributed by atoms with Crippen molar-refractivity contribution in [3.63, 3.8) is 0 Å². The van der Waals surface area contributed by atoms with Crippen molar-refractivity contribution in [2.75, 3.05) is 0 Å². The zero-order valence-corrected chi connectivity index (χ0v) is 15.4. The van der Waals surface area contributed by atoms with E-state index in [0.717, 1.165) is 38.6 Å². The Morgan fingerprint density at radius 3 is 2.29 bits per heavy atom. The molecule has 1 aromatic heterocycles. The number of para-hydroxylation sites is 2. The zero-order chi connectivity index (χ0) is 17.5. The van der Waals surface area contributed by atoms with Gasteiger partial charge >= 0.3 is 0 Å². The summed E-state index contributed by atoms with van der Waals surface area (Å²) in [5, 5.41) is 8.36. The number of nitrogens with zero attached hydrogens (tertiary/aromatic N) is 2. The summed E-state index contributed by atoms with van der Waals surface area (Å²) in [6.07, 6.45) is 1.91. The molecule has 1 aliphatic heterocycles. The topological polar surface area (TPSA) is 94.0 Å². The number of quaternary nitrogens is 1. The SMILES string of the molecule is O.O=c1[nH]nc(-c2ccc([NH+]3C=Nc4ccccc43)cc2)c2ccccc12.[Cl-]. The Bertz CT molecular complexity index is 1220. The summed E-state index contributed by atoms with van der Waals surface area (Å²) in [6, 6.07) is 23.8. The highest BCUT2D eigenvalue weighted by Gasteiger charge is 2.22. The van der Waals surface area contributed by atoms with Crippen LogP contribution in [0.1, 0.15) is 0 Å². The molecule has 0 fully saturated rings. The molecule has 28 heavy (non-hydrogen) atoms. The quantitative estimate of drug-likeness (QED) is 0.471. The number of fused-ring (bicyclic) bond motifs is 2. The number of aromatic nitrogens is 2. The van der Waals surface area contributed by atoms with E-state index in [-0.39, 0.29) is 23.4 Å². The van der Waals surface area contributed by atoms with Gasteiger partial charge in [0, 0.05) is 29.1 Å². The molecule has 4 aromatic rings. The van der Waals surface area contributed by atoms with Crippen LogP contribution < -0.4 is 22.9 Å². The van der Waals surface area contributed by atoms with Gasteiger partial charge in [0.25, 0.3) is 5.56 Å². The van der Waals surface area contributed by atoms with Crippen LogP contribution in [0.15, 0.2) is 82.6 Å². The Balaban J connectivity index is 0.00000112. The number of nitrogens with one attached hydrogen (secondary N) is 2. The van der Waals surface area contributed by atoms with Gasteiger partial charge in [0.15, 0.2) is 12.0 Å². The molecule has 0 radical (unpaired) electrons. The fraction of sp³-hybridized carbons (Fsp3) is 0. The molecule has 0 spiro atoms. The summed E-state index contributed by atoms with van der Waals surface area (Å²) in [5.74, 6) is 0. The lowest BCUT2D eigenvalue weighted by atomic mass is 10.0. The van der Waals surface area contributed by atoms with Crippen molar-refractivity contribution < 1.29 is 22.8 Å². The summed E-state index contributed by atoms with van der Waals surface area (Å²) < 4.78 is 0. The van der Waals surface area contributed by atoms with E-state index in [1.54, 1.807) is 0 Å². The third-order valence-electron chi connectivity index (χ3n) is 4.69. The highest BCUT2D eigenvalue weighted by molar-refractivity contribution is 5.93. The highest BCUT2D eigenvalue weighted by atomic mass is 35.5. The zero-order valence-electron chi connectivity index (χ0n) is 14.7. The van der Waals surface area contributed by atoms with Crippen molar-refractivity contribution in [2.24, 2.45) is 4.99 Å². The van der Waals surface area contributed by atoms with Gasteiger partial charge in [-0.3, -0.25) is 4.79 Å². The molecule has 0 bridgehead atoms. The molecular formula is C21H17ClN4O2. The average molecular weight is 393 g/mol. The first kappa shape index (κ1) is 19.4. The lowest BCUT2D eigenvalue weighted by Gasteiger charge is -2.10. The molecule has 1 atom stereocenters. The van der Waals surface area contributed by atoms with E-state index >= 15 is 0 Å². The Morgan fingerprint density at radius 2 is 1.50 bits per heavy atom. The van der Waals surface area contributed by atoms with Crippen LogP contribution in [-0.4, -0.2) is 22.0 Å². The van der Waals surface area contributed by atoms with Gasteiger partial charge in [0.2, 0.25) is 0 Å². The highest BCUT2D eigenvalue weighted by Crippen LogP contribution is 2.27. The lowest BCUT2D eigenvalue weighted by molar-refractivity contribution is -0.637. The van der Waals surface area contributed by atoms with Crippen molar-refractivity contribution in [3.8, 4) is 11.3 Å². The Labute approximate surface area is 166 Å². The van der Waals surface area contributed by atoms with E-state index in [0.29, 0.717) is 5.39 Å². The van der Waals surface area contributed by atoms with Gasteiger partial charge in [-0.15, -0.1) is 0 Å². The Morgan fingerprint density at radius 1 is 0.821 bits per heavy atom. The molecule has 0 saturated heterocycles. The summed E-state index contributed by atoms with van der Waals surface area (Å²) in [6.45, 7) is 0. The summed E-state index contributed by atoms with van der Waals surface area (Å²) >= 11 is 0. The first-order chi connectivity index (χ1) is 12.8. The fourth-order valence-electron chi connectivity index (χ4n) is 3.39. The van der Waals surface area contributed by atoms with E-state index < -0.39 is 0 Å². The van der Waals surface area contributed by atoms with Crippen LogP contribution in [-0.2, 0) is 0 Å². The Kier molecular flexibility index (Phi) is 5.37. The predicted octanol–water partition coefficient (Wildman–Crippen LogP) is -0.709. The maximum absolute atomic E-state index is 12.0. The van der Waals surface area contributed by atoms with E-state index in [4.69, 9.17) is 0 Å². The molecule has 4 N–H and O–H groups in total. The molecular weight excluding hydrogens is 376 g/mol. The third-order valence-corrected chi connectivity index (χ3v) is 4.69. The van der Waals surface area contributed by atoms with Gasteiger partial charge < -0.3 is 17.9 Å². The van der Waals surface area contributed by atoms with Crippen LogP contribution in [0.2, 0.25) is 0 Å². The van der Waals surface area contributed by atoms with Crippen molar-refractivity contribution in [2.45, 2.75) is 0 Å². The van der Waals surface area contributed by atoms with Crippen LogP contribution in [0.25, 0.3) is 22.0 Å². The van der Waals surface area contributed by atoms with Gasteiger partial charge in [-0.1, -0.05) is 30.3 Å². The second-order valence-corrected chi connectivity index (χ2v) is 6.21. The molecule has 0 saturated carbocycles. The summed E-state index contributed by atoms with van der Waals surface area (Å²) in [5.41, 5.74) is 4.82. The van der Waals surface area contributed by atoms with Crippen LogP contribution in [0.5, 0.6) is 0 Å². The Hall–Kier alpha value is -3.32. The van der Waals surface area contributed by atoms with Gasteiger partial charge in [0.1, 0.15) is 11.4 Å². The van der Waals surface area contributed by atoms with Gasteiger partial charge in [0.05, 0.1) is 11.1 Å². The standard InChI is InChI=1S/C21H14N4O.ClH.H2O/c26-21-17-6-2-1-5-16(17)20(23-24-21)14-9-11-15(12-10-14)25-13-22-18-7-3-4-8-19(18)25;;/h1-13H,(H,24,26);1H;1H2. The molecule has 140 valence electrons. The normalized spacial score (nSPS) is 14.2. The summed E-state index contributed by atoms with van der Waals surface area (Å²) in [4.78, 5) is 17.6. The van der Waals surface area contributed by atoms with E-state index in [1.807, 2.05) is 60.9 Å². The molecule has 3 aromatic carbocycles. The van der Waals surface area contributed by atoms with E-state index in [2.05, 4.69) is 33.4 Å². The monoisotopic (exact) mass is 392 g/mol. The maximum atomic E-state index is 12.0. The number of aliphatic imine (C=N–C) groups is 1. The van der Waals surface area contributed by atoms with E-state index in [1.165, 1.54) is 0 Å². The van der Waals surface area contributed by atoms with Crippen molar-refractivity contribution in [1.29, 1.82) is 0 Å². The molecule has 2 heterocycles. The number of aromatic amines is 1. The number of hydrogen-bond acceptors (Lipinski definition) is 3. The first-order valence-corrected chi connectivity index (χ1v) is 8.40. The van der Waals surface area contributed by atoms with Gasteiger partial charge in [-0.25, -0.2) is 10.00 Å². The average Bonchev–Trinajstić information content (AvgIpc) is 3.13. The van der Waals surface area contributed by atoms with Crippen LogP contribution in [0.4, 0.5) is 17.1 Å². The van der Waals surface area contributed by atoms with Gasteiger partial charge in [-0.05, 0) is 24.3 Å². The molecule has 6 nitrogen and oxygen atoms in total. The summed E-state index contributed by atoms with van der Waals surface area (Å²) in [7, 11) is 0. The van der Waals surface area contributed by atoms with Crippen molar-refractivity contribution in [3.05, 3.63) is 83.2 Å². The predicted molar refractivity (Wildman–Crippen MR) is 106 cm³/mol. The molecule has 1 unspecified atom stereocenters. The van der Waals surface area contributed by atoms with E-state index in [9.17, 15) is 4.79 Å². The smallest absolute Gasteiger partial charge is 0.272 e. The van der Waals surface area contributed by atoms with Crippen LogP contribution in [0.3, 0.4) is 0 Å². The van der Waals surface area contributed by atoms with Crippen molar-refractivity contribution in [1.82, 2.24) is 10.2 Å². The molecule has 0 aliphatic carbocycles. The van der Waals surface area contributed by atoms with Crippen LogP contribution >= 0.6 is 0 Å². The second kappa shape index (κ2) is 7.74. The first-order valence-electron chi connectivity index (χ1n) is 8.40. The number of hydrogen-bond donors (Lipinski definition) is 2. The molecule has 7 heteroatoms. The molecule has 1 aliphatic rings. The molecule has 0 amide bonds. The van der Waals surface area contributed by atoms with Crippen molar-refractivity contribution >= 4 is 34.2 Å². The van der Waals surface area contributed by atoms with Gasteiger partial charge in [-0.2, -0.15) is 10.1 Å². The molecule has 5 rings (SSSR count). The minimum absolute atomic E-state index is 0. The number of H-pyrrole nitrogens is 1. The minimum Gasteiger partial charge on any atom is -1.00 e. The van der Waals surface area contributed by atoms with Crippen LogP contribution in [0, 0.1) is 0 Å². The second-order valence-electron chi connectivity index (χ2n) is 6.21.